The molecule has 0 saturated carbocycles. The lowest BCUT2D eigenvalue weighted by molar-refractivity contribution is 0.467. The second-order valence-corrected chi connectivity index (χ2v) is 5.25. The summed E-state index contributed by atoms with van der Waals surface area (Å²) in [6.07, 6.45) is 5.13. The van der Waals surface area contributed by atoms with Crippen LogP contribution in [-0.4, -0.2) is 21.5 Å². The van der Waals surface area contributed by atoms with Gasteiger partial charge in [0.25, 0.3) is 0 Å². The van der Waals surface area contributed by atoms with E-state index in [0.717, 1.165) is 31.5 Å². The third-order valence-electron chi connectivity index (χ3n) is 3.71. The van der Waals surface area contributed by atoms with Crippen LogP contribution in [0.1, 0.15) is 42.6 Å². The fourth-order valence-electron chi connectivity index (χ4n) is 2.48. The van der Waals surface area contributed by atoms with Crippen LogP contribution in [0.25, 0.3) is 0 Å². The van der Waals surface area contributed by atoms with E-state index in [1.807, 2.05) is 17.9 Å². The van der Waals surface area contributed by atoms with E-state index in [-0.39, 0.29) is 0 Å². The Balaban J connectivity index is 2.05. The summed E-state index contributed by atoms with van der Waals surface area (Å²) in [5.41, 5.74) is 3.95. The highest BCUT2D eigenvalue weighted by molar-refractivity contribution is 5.25. The fourth-order valence-corrected chi connectivity index (χ4v) is 2.48. The number of hydrogen-bond acceptors (Lipinski definition) is 3. The fraction of sp³-hybridized carbons (Fsp3) is 0.500. The van der Waals surface area contributed by atoms with Crippen LogP contribution in [0, 0.1) is 6.92 Å². The van der Waals surface area contributed by atoms with Crippen molar-refractivity contribution in [3.8, 4) is 0 Å². The van der Waals surface area contributed by atoms with Gasteiger partial charge in [0.05, 0.1) is 17.9 Å². The van der Waals surface area contributed by atoms with Crippen molar-refractivity contribution in [1.29, 1.82) is 0 Å². The van der Waals surface area contributed by atoms with Crippen molar-refractivity contribution in [2.45, 2.75) is 39.2 Å². The van der Waals surface area contributed by atoms with Gasteiger partial charge in [-0.15, -0.1) is 5.10 Å². The molecule has 0 amide bonds. The van der Waals surface area contributed by atoms with Crippen LogP contribution in [0.15, 0.2) is 30.5 Å². The molecule has 0 radical (unpaired) electrons. The molecule has 1 N–H and O–H groups in total. The highest BCUT2D eigenvalue weighted by Gasteiger charge is 2.15. The molecule has 1 unspecified atom stereocenters. The SMILES string of the molecule is CCCNC(CCc1ccccc1C)c1cnnn1C. The van der Waals surface area contributed by atoms with Crippen LogP contribution >= 0.6 is 0 Å². The van der Waals surface area contributed by atoms with Gasteiger partial charge in [-0.2, -0.15) is 0 Å². The molecule has 0 fully saturated rings. The van der Waals surface area contributed by atoms with Crippen LogP contribution in [0.3, 0.4) is 0 Å². The first kappa shape index (κ1) is 14.7. The van der Waals surface area contributed by atoms with Crippen molar-refractivity contribution >= 4 is 0 Å². The van der Waals surface area contributed by atoms with Crippen molar-refractivity contribution < 1.29 is 0 Å². The summed E-state index contributed by atoms with van der Waals surface area (Å²) in [6.45, 7) is 5.38. The zero-order valence-electron chi connectivity index (χ0n) is 12.6. The Labute approximate surface area is 121 Å². The molecule has 0 aliphatic carbocycles. The van der Waals surface area contributed by atoms with Crippen LogP contribution in [0.4, 0.5) is 0 Å². The lowest BCUT2D eigenvalue weighted by Crippen LogP contribution is -2.25. The van der Waals surface area contributed by atoms with Crippen molar-refractivity contribution in [1.82, 2.24) is 20.3 Å². The molecule has 108 valence electrons. The predicted molar refractivity (Wildman–Crippen MR) is 81.5 cm³/mol. The van der Waals surface area contributed by atoms with Crippen molar-refractivity contribution in [2.75, 3.05) is 6.54 Å². The van der Waals surface area contributed by atoms with E-state index in [1.54, 1.807) is 0 Å². The molecule has 1 atom stereocenters. The van der Waals surface area contributed by atoms with E-state index in [4.69, 9.17) is 0 Å². The number of nitrogens with zero attached hydrogens (tertiary/aromatic N) is 3. The Morgan fingerprint density at radius 3 is 2.75 bits per heavy atom. The first-order valence-electron chi connectivity index (χ1n) is 7.34. The van der Waals surface area contributed by atoms with Gasteiger partial charge in [0.1, 0.15) is 0 Å². The maximum absolute atomic E-state index is 4.04. The number of rotatable bonds is 7. The van der Waals surface area contributed by atoms with E-state index in [1.165, 1.54) is 11.1 Å². The lowest BCUT2D eigenvalue weighted by atomic mass is 9.99. The van der Waals surface area contributed by atoms with Gasteiger partial charge in [-0.1, -0.05) is 36.4 Å². The van der Waals surface area contributed by atoms with Gasteiger partial charge in [-0.05, 0) is 43.9 Å². The monoisotopic (exact) mass is 272 g/mol. The Kier molecular flexibility index (Phi) is 5.30. The highest BCUT2D eigenvalue weighted by Crippen LogP contribution is 2.19. The molecule has 0 bridgehead atoms. The molecule has 1 aromatic heterocycles. The summed E-state index contributed by atoms with van der Waals surface area (Å²) >= 11 is 0. The van der Waals surface area contributed by atoms with E-state index >= 15 is 0 Å². The molecular weight excluding hydrogens is 248 g/mol. The summed E-state index contributed by atoms with van der Waals surface area (Å²) in [6, 6.07) is 8.91. The first-order valence-corrected chi connectivity index (χ1v) is 7.34. The Hall–Kier alpha value is -1.68. The second kappa shape index (κ2) is 7.20. The minimum atomic E-state index is 0.314. The number of hydrogen-bond donors (Lipinski definition) is 1. The van der Waals surface area contributed by atoms with Crippen LogP contribution in [0.2, 0.25) is 0 Å². The maximum atomic E-state index is 4.04. The zero-order valence-corrected chi connectivity index (χ0v) is 12.6. The molecule has 2 aromatic rings. The molecular formula is C16H24N4. The maximum Gasteiger partial charge on any atom is 0.0753 e. The van der Waals surface area contributed by atoms with E-state index < -0.39 is 0 Å². The molecule has 0 spiro atoms. The van der Waals surface area contributed by atoms with Crippen molar-refractivity contribution in [3.63, 3.8) is 0 Å². The van der Waals surface area contributed by atoms with Gasteiger partial charge in [-0.3, -0.25) is 4.68 Å². The average Bonchev–Trinajstić information content (AvgIpc) is 2.87. The van der Waals surface area contributed by atoms with Gasteiger partial charge in [0.15, 0.2) is 0 Å². The minimum Gasteiger partial charge on any atom is -0.309 e. The number of aromatic nitrogens is 3. The minimum absolute atomic E-state index is 0.314. The number of nitrogens with one attached hydrogen (secondary N) is 1. The molecule has 4 heteroatoms. The van der Waals surface area contributed by atoms with Gasteiger partial charge >= 0.3 is 0 Å². The van der Waals surface area contributed by atoms with Gasteiger partial charge in [-0.25, -0.2) is 0 Å². The normalized spacial score (nSPS) is 12.6. The second-order valence-electron chi connectivity index (χ2n) is 5.25. The topological polar surface area (TPSA) is 42.7 Å². The summed E-state index contributed by atoms with van der Waals surface area (Å²) < 4.78 is 1.87. The van der Waals surface area contributed by atoms with E-state index in [2.05, 4.69) is 53.7 Å². The third kappa shape index (κ3) is 3.67. The van der Waals surface area contributed by atoms with Gasteiger partial charge < -0.3 is 5.32 Å². The van der Waals surface area contributed by atoms with E-state index in [0.29, 0.717) is 6.04 Å². The quantitative estimate of drug-likeness (QED) is 0.843. The largest absolute Gasteiger partial charge is 0.309 e. The van der Waals surface area contributed by atoms with Crippen LogP contribution in [0.5, 0.6) is 0 Å². The molecule has 20 heavy (non-hydrogen) atoms. The molecule has 2 rings (SSSR count). The molecule has 0 aliphatic heterocycles. The zero-order chi connectivity index (χ0) is 14.4. The first-order chi connectivity index (χ1) is 9.72. The Morgan fingerprint density at radius 2 is 2.10 bits per heavy atom. The van der Waals surface area contributed by atoms with E-state index in [9.17, 15) is 0 Å². The average molecular weight is 272 g/mol. The molecule has 1 aromatic carbocycles. The third-order valence-corrected chi connectivity index (χ3v) is 3.71. The predicted octanol–water partition coefficient (Wildman–Crippen LogP) is 2.80. The Morgan fingerprint density at radius 1 is 1.30 bits per heavy atom. The van der Waals surface area contributed by atoms with Gasteiger partial charge in [0, 0.05) is 7.05 Å². The summed E-state index contributed by atoms with van der Waals surface area (Å²) in [5.74, 6) is 0. The molecule has 0 aliphatic rings. The molecule has 0 saturated heterocycles. The summed E-state index contributed by atoms with van der Waals surface area (Å²) in [7, 11) is 1.96. The van der Waals surface area contributed by atoms with Crippen molar-refractivity contribution in [2.24, 2.45) is 7.05 Å². The van der Waals surface area contributed by atoms with Crippen LogP contribution in [-0.2, 0) is 13.5 Å². The lowest BCUT2D eigenvalue weighted by Gasteiger charge is -2.18. The summed E-state index contributed by atoms with van der Waals surface area (Å²) in [5, 5.41) is 11.6. The van der Waals surface area contributed by atoms with Crippen molar-refractivity contribution in [3.05, 3.63) is 47.3 Å². The smallest absolute Gasteiger partial charge is 0.0753 e. The number of aryl methyl sites for hydroxylation is 3. The van der Waals surface area contributed by atoms with Gasteiger partial charge in [0.2, 0.25) is 0 Å². The Bertz CT molecular complexity index is 533. The summed E-state index contributed by atoms with van der Waals surface area (Å²) in [4.78, 5) is 0. The number of benzene rings is 1. The standard InChI is InChI=1S/C16H24N4/c1-4-11-17-15(16-12-18-19-20(16)3)10-9-14-8-6-5-7-13(14)2/h5-8,12,15,17H,4,9-11H2,1-3H3. The highest BCUT2D eigenvalue weighted by atomic mass is 15.4. The van der Waals surface area contributed by atoms with Crippen LogP contribution < -0.4 is 5.32 Å². The molecule has 1 heterocycles. The molecule has 4 nitrogen and oxygen atoms in total.